The van der Waals surface area contributed by atoms with E-state index in [1.807, 2.05) is 17.0 Å². The Labute approximate surface area is 138 Å². The lowest BCUT2D eigenvalue weighted by molar-refractivity contribution is 0.0573. The van der Waals surface area contributed by atoms with Crippen molar-refractivity contribution in [3.63, 3.8) is 0 Å². The fraction of sp³-hybridized carbons (Fsp3) is 0.667. The molecule has 5 heteroatoms. The third-order valence-electron chi connectivity index (χ3n) is 5.38. The molecule has 1 aromatic heterocycles. The van der Waals surface area contributed by atoms with Crippen LogP contribution in [0.2, 0.25) is 0 Å². The van der Waals surface area contributed by atoms with Gasteiger partial charge in [0, 0.05) is 44.5 Å². The van der Waals surface area contributed by atoms with E-state index in [4.69, 9.17) is 0 Å². The maximum absolute atomic E-state index is 12.6. The number of pyridine rings is 1. The van der Waals surface area contributed by atoms with E-state index in [1.54, 1.807) is 6.20 Å². The van der Waals surface area contributed by atoms with Gasteiger partial charge in [-0.3, -0.25) is 9.69 Å². The van der Waals surface area contributed by atoms with Crippen molar-refractivity contribution < 1.29 is 4.79 Å². The zero-order valence-electron chi connectivity index (χ0n) is 13.7. The SMILES string of the molecule is O=C(c1ccc(NC2CC2)nc1)N1CCN(C2CCCC2)CC1. The molecule has 0 radical (unpaired) electrons. The van der Waals surface area contributed by atoms with Crippen LogP contribution in [0, 0.1) is 0 Å². The van der Waals surface area contributed by atoms with Gasteiger partial charge in [-0.2, -0.15) is 0 Å². The summed E-state index contributed by atoms with van der Waals surface area (Å²) >= 11 is 0. The minimum absolute atomic E-state index is 0.126. The van der Waals surface area contributed by atoms with Crippen molar-refractivity contribution in [3.05, 3.63) is 23.9 Å². The van der Waals surface area contributed by atoms with Crippen LogP contribution < -0.4 is 5.32 Å². The summed E-state index contributed by atoms with van der Waals surface area (Å²) in [5.41, 5.74) is 0.709. The van der Waals surface area contributed by atoms with Crippen LogP contribution in [0.15, 0.2) is 18.3 Å². The minimum Gasteiger partial charge on any atom is -0.367 e. The van der Waals surface area contributed by atoms with Gasteiger partial charge in [-0.25, -0.2) is 4.98 Å². The normalized spacial score (nSPS) is 23.2. The Kier molecular flexibility index (Phi) is 4.21. The molecule has 5 nitrogen and oxygen atoms in total. The van der Waals surface area contributed by atoms with E-state index >= 15 is 0 Å². The third-order valence-corrected chi connectivity index (χ3v) is 5.38. The molecule has 2 saturated carbocycles. The quantitative estimate of drug-likeness (QED) is 0.927. The highest BCUT2D eigenvalue weighted by molar-refractivity contribution is 5.94. The molecule has 2 heterocycles. The van der Waals surface area contributed by atoms with Gasteiger partial charge >= 0.3 is 0 Å². The van der Waals surface area contributed by atoms with Crippen molar-refractivity contribution in [1.82, 2.24) is 14.8 Å². The Hall–Kier alpha value is -1.62. The molecule has 0 spiro atoms. The second-order valence-corrected chi connectivity index (χ2v) is 7.12. The predicted octanol–water partition coefficient (Wildman–Crippen LogP) is 2.36. The Morgan fingerprint density at radius 2 is 1.78 bits per heavy atom. The molecule has 0 aromatic carbocycles. The summed E-state index contributed by atoms with van der Waals surface area (Å²) in [6.45, 7) is 3.73. The van der Waals surface area contributed by atoms with Gasteiger partial charge in [-0.1, -0.05) is 12.8 Å². The second kappa shape index (κ2) is 6.48. The van der Waals surface area contributed by atoms with E-state index in [2.05, 4.69) is 15.2 Å². The number of nitrogens with one attached hydrogen (secondary N) is 1. The minimum atomic E-state index is 0.126. The Morgan fingerprint density at radius 1 is 1.04 bits per heavy atom. The molecule has 124 valence electrons. The molecule has 2 aliphatic carbocycles. The first kappa shape index (κ1) is 14.9. The number of rotatable bonds is 4. The number of hydrogen-bond acceptors (Lipinski definition) is 4. The molecule has 0 bridgehead atoms. The maximum atomic E-state index is 12.6. The first-order valence-electron chi connectivity index (χ1n) is 9.05. The van der Waals surface area contributed by atoms with Gasteiger partial charge in [0.05, 0.1) is 5.56 Å². The van der Waals surface area contributed by atoms with Crippen molar-refractivity contribution in [1.29, 1.82) is 0 Å². The van der Waals surface area contributed by atoms with Crippen molar-refractivity contribution in [2.45, 2.75) is 50.6 Å². The van der Waals surface area contributed by atoms with Gasteiger partial charge in [0.15, 0.2) is 0 Å². The molecule has 1 amide bonds. The number of anilines is 1. The third kappa shape index (κ3) is 3.50. The largest absolute Gasteiger partial charge is 0.367 e. The highest BCUT2D eigenvalue weighted by Gasteiger charge is 2.28. The van der Waals surface area contributed by atoms with Crippen molar-refractivity contribution in [2.75, 3.05) is 31.5 Å². The molecular weight excluding hydrogens is 288 g/mol. The van der Waals surface area contributed by atoms with Gasteiger partial charge in [-0.15, -0.1) is 0 Å². The molecule has 0 unspecified atom stereocenters. The van der Waals surface area contributed by atoms with Crippen LogP contribution in [0.5, 0.6) is 0 Å². The van der Waals surface area contributed by atoms with Crippen LogP contribution >= 0.6 is 0 Å². The van der Waals surface area contributed by atoms with Gasteiger partial charge in [0.1, 0.15) is 5.82 Å². The number of hydrogen-bond donors (Lipinski definition) is 1. The molecule has 3 fully saturated rings. The number of carbonyl (C=O) groups is 1. The summed E-state index contributed by atoms with van der Waals surface area (Å²) in [5, 5.41) is 3.36. The zero-order chi connectivity index (χ0) is 15.6. The standard InChI is InChI=1S/C18H26N4O/c23-18(14-5-8-17(19-13-14)20-15-6-7-15)22-11-9-21(10-12-22)16-3-1-2-4-16/h5,8,13,15-16H,1-4,6-7,9-12H2,(H,19,20). The summed E-state index contributed by atoms with van der Waals surface area (Å²) in [4.78, 5) is 21.6. The van der Waals surface area contributed by atoms with Crippen LogP contribution in [-0.4, -0.2) is 59.0 Å². The molecule has 0 atom stereocenters. The number of carbonyl (C=O) groups excluding carboxylic acids is 1. The Morgan fingerprint density at radius 3 is 2.39 bits per heavy atom. The lowest BCUT2D eigenvalue weighted by Crippen LogP contribution is -2.51. The molecule has 23 heavy (non-hydrogen) atoms. The summed E-state index contributed by atoms with van der Waals surface area (Å²) in [5.74, 6) is 1.01. The average molecular weight is 314 g/mol. The van der Waals surface area contributed by atoms with Crippen molar-refractivity contribution in [2.24, 2.45) is 0 Å². The highest BCUT2D eigenvalue weighted by Crippen LogP contribution is 2.25. The lowest BCUT2D eigenvalue weighted by Gasteiger charge is -2.38. The highest BCUT2D eigenvalue weighted by atomic mass is 16.2. The summed E-state index contributed by atoms with van der Waals surface area (Å²) in [7, 11) is 0. The fourth-order valence-corrected chi connectivity index (χ4v) is 3.78. The molecule has 4 rings (SSSR count). The Bertz CT molecular complexity index is 541. The Balaban J connectivity index is 1.32. The molecule has 1 aliphatic heterocycles. The lowest BCUT2D eigenvalue weighted by atomic mass is 10.1. The van der Waals surface area contributed by atoms with Crippen LogP contribution in [0.1, 0.15) is 48.9 Å². The molecule has 3 aliphatic rings. The number of amides is 1. The van der Waals surface area contributed by atoms with Crippen molar-refractivity contribution in [3.8, 4) is 0 Å². The van der Waals surface area contributed by atoms with Gasteiger partial charge in [-0.05, 0) is 37.8 Å². The van der Waals surface area contributed by atoms with Crippen LogP contribution in [-0.2, 0) is 0 Å². The average Bonchev–Trinajstić information content (AvgIpc) is 3.24. The first-order chi connectivity index (χ1) is 11.3. The van der Waals surface area contributed by atoms with Crippen LogP contribution in [0.25, 0.3) is 0 Å². The second-order valence-electron chi connectivity index (χ2n) is 7.12. The van der Waals surface area contributed by atoms with E-state index in [9.17, 15) is 4.79 Å². The number of piperazine rings is 1. The van der Waals surface area contributed by atoms with Crippen LogP contribution in [0.4, 0.5) is 5.82 Å². The summed E-state index contributed by atoms with van der Waals surface area (Å²) in [6.07, 6.45) is 9.60. The van der Waals surface area contributed by atoms with Crippen molar-refractivity contribution >= 4 is 11.7 Å². The molecule has 1 aromatic rings. The van der Waals surface area contributed by atoms with E-state index in [0.717, 1.165) is 38.0 Å². The monoisotopic (exact) mass is 314 g/mol. The van der Waals surface area contributed by atoms with Crippen LogP contribution in [0.3, 0.4) is 0 Å². The fourth-order valence-electron chi connectivity index (χ4n) is 3.78. The molecule has 1 N–H and O–H groups in total. The topological polar surface area (TPSA) is 48.5 Å². The van der Waals surface area contributed by atoms with E-state index in [0.29, 0.717) is 11.6 Å². The van der Waals surface area contributed by atoms with E-state index < -0.39 is 0 Å². The summed E-state index contributed by atoms with van der Waals surface area (Å²) < 4.78 is 0. The van der Waals surface area contributed by atoms with E-state index in [-0.39, 0.29) is 5.91 Å². The van der Waals surface area contributed by atoms with Gasteiger partial charge in [0.2, 0.25) is 0 Å². The van der Waals surface area contributed by atoms with Gasteiger partial charge < -0.3 is 10.2 Å². The number of nitrogens with zero attached hydrogens (tertiary/aromatic N) is 3. The molecular formula is C18H26N4O. The van der Waals surface area contributed by atoms with Gasteiger partial charge in [0.25, 0.3) is 5.91 Å². The number of aromatic nitrogens is 1. The molecule has 1 saturated heterocycles. The predicted molar refractivity (Wildman–Crippen MR) is 90.6 cm³/mol. The summed E-state index contributed by atoms with van der Waals surface area (Å²) in [6, 6.07) is 5.19. The maximum Gasteiger partial charge on any atom is 0.255 e. The first-order valence-corrected chi connectivity index (χ1v) is 9.05. The van der Waals surface area contributed by atoms with E-state index in [1.165, 1.54) is 38.5 Å². The smallest absolute Gasteiger partial charge is 0.255 e. The zero-order valence-corrected chi connectivity index (χ0v) is 13.7.